The lowest BCUT2D eigenvalue weighted by atomic mass is 9.96. The summed E-state index contributed by atoms with van der Waals surface area (Å²) in [5.74, 6) is -1.04. The molecule has 0 spiro atoms. The van der Waals surface area contributed by atoms with Crippen LogP contribution in [0.1, 0.15) is 12.8 Å². The van der Waals surface area contributed by atoms with E-state index in [1.165, 1.54) is 6.07 Å². The van der Waals surface area contributed by atoms with Gasteiger partial charge in [-0.05, 0) is 37.1 Å². The molecule has 0 radical (unpaired) electrons. The minimum atomic E-state index is -0.770. The lowest BCUT2D eigenvalue weighted by Gasteiger charge is -2.32. The van der Waals surface area contributed by atoms with Gasteiger partial charge in [0, 0.05) is 31.6 Å². The molecule has 29 heavy (non-hydrogen) atoms. The van der Waals surface area contributed by atoms with Crippen molar-refractivity contribution in [1.29, 1.82) is 0 Å². The number of carbonyl (C=O) groups is 1. The molecule has 2 aromatic carbocycles. The van der Waals surface area contributed by atoms with Gasteiger partial charge in [0.1, 0.15) is 11.6 Å². The first-order chi connectivity index (χ1) is 14.1. The molecule has 1 saturated heterocycles. The molecule has 1 fully saturated rings. The van der Waals surface area contributed by atoms with Gasteiger partial charge in [0.2, 0.25) is 11.9 Å². The van der Waals surface area contributed by atoms with Crippen LogP contribution in [0, 0.1) is 17.6 Å². The summed E-state index contributed by atoms with van der Waals surface area (Å²) >= 11 is 0. The van der Waals surface area contributed by atoms with E-state index in [1.807, 2.05) is 30.3 Å². The second kappa shape index (κ2) is 8.03. The van der Waals surface area contributed by atoms with E-state index in [4.69, 9.17) is 4.98 Å². The Morgan fingerprint density at radius 3 is 2.69 bits per heavy atom. The van der Waals surface area contributed by atoms with Crippen LogP contribution in [0.15, 0.2) is 55.1 Å². The van der Waals surface area contributed by atoms with Gasteiger partial charge in [-0.2, -0.15) is 0 Å². The molecule has 4 rings (SSSR count). The number of imidazole rings is 1. The van der Waals surface area contributed by atoms with Crippen LogP contribution in [0.2, 0.25) is 0 Å². The molecule has 1 N–H and O–H groups in total. The average molecular weight is 396 g/mol. The van der Waals surface area contributed by atoms with Crippen molar-refractivity contribution >= 4 is 28.6 Å². The zero-order chi connectivity index (χ0) is 20.4. The van der Waals surface area contributed by atoms with Crippen LogP contribution in [0.4, 0.5) is 20.4 Å². The average Bonchev–Trinajstić information content (AvgIpc) is 3.09. The largest absolute Gasteiger partial charge is 0.342 e. The molecule has 2 heterocycles. The normalized spacial score (nSPS) is 14.9. The summed E-state index contributed by atoms with van der Waals surface area (Å²) in [5, 5.41) is 2.58. The number of amides is 1. The molecule has 1 aromatic heterocycles. The number of benzene rings is 2. The van der Waals surface area contributed by atoms with Crippen LogP contribution in [0.3, 0.4) is 0 Å². The molecule has 0 unspecified atom stereocenters. The van der Waals surface area contributed by atoms with E-state index in [2.05, 4.69) is 21.4 Å². The number of hydrogen-bond donors (Lipinski definition) is 1. The van der Waals surface area contributed by atoms with Gasteiger partial charge in [0.25, 0.3) is 0 Å². The Morgan fingerprint density at radius 2 is 1.97 bits per heavy atom. The van der Waals surface area contributed by atoms with E-state index in [-0.39, 0.29) is 17.5 Å². The van der Waals surface area contributed by atoms with Crippen LogP contribution in [0.5, 0.6) is 0 Å². The number of carbonyl (C=O) groups excluding carboxylic acids is 1. The number of fused-ring (bicyclic) bond motifs is 1. The van der Waals surface area contributed by atoms with Crippen LogP contribution < -0.4 is 10.2 Å². The fourth-order valence-electron chi connectivity index (χ4n) is 3.78. The first kappa shape index (κ1) is 19.1. The van der Waals surface area contributed by atoms with Crippen LogP contribution in [-0.4, -0.2) is 28.5 Å². The Morgan fingerprint density at radius 1 is 1.21 bits per heavy atom. The summed E-state index contributed by atoms with van der Waals surface area (Å²) in [7, 11) is 0. The minimum absolute atomic E-state index is 0.00612. The highest BCUT2D eigenvalue weighted by Gasteiger charge is 2.28. The molecule has 7 heteroatoms. The molecule has 3 aromatic rings. The second-order valence-electron chi connectivity index (χ2n) is 7.17. The van der Waals surface area contributed by atoms with Gasteiger partial charge in [-0.25, -0.2) is 13.8 Å². The van der Waals surface area contributed by atoms with Crippen molar-refractivity contribution in [3.63, 3.8) is 0 Å². The molecule has 0 saturated carbocycles. The molecular formula is C22H22F2N4O. The number of hydrogen-bond acceptors (Lipinski definition) is 3. The van der Waals surface area contributed by atoms with Crippen molar-refractivity contribution in [1.82, 2.24) is 9.55 Å². The molecule has 150 valence electrons. The Labute approximate surface area is 167 Å². The summed E-state index contributed by atoms with van der Waals surface area (Å²) in [6.07, 6.45) is 3.10. The number of halogens is 2. The highest BCUT2D eigenvalue weighted by Crippen LogP contribution is 2.28. The van der Waals surface area contributed by atoms with Crippen molar-refractivity contribution in [2.45, 2.75) is 19.4 Å². The predicted molar refractivity (Wildman–Crippen MR) is 110 cm³/mol. The standard InChI is InChI=1S/C22H22F2N4O/c1-2-11-28-20-6-4-3-5-19(20)26-22(28)27-12-9-15(10-13-27)21(29)25-18-8-7-16(23)14-17(18)24/h2-8,14-15H,1,9-13H2,(H,25,29). The van der Waals surface area contributed by atoms with Gasteiger partial charge in [-0.15, -0.1) is 6.58 Å². The highest BCUT2D eigenvalue weighted by atomic mass is 19.1. The third-order valence-corrected chi connectivity index (χ3v) is 5.28. The van der Waals surface area contributed by atoms with Crippen molar-refractivity contribution < 1.29 is 13.6 Å². The summed E-state index contributed by atoms with van der Waals surface area (Å²) in [4.78, 5) is 19.5. The number of allylic oxidation sites excluding steroid dienone is 1. The number of anilines is 2. The van der Waals surface area contributed by atoms with Gasteiger partial charge in [-0.3, -0.25) is 4.79 Å². The zero-order valence-electron chi connectivity index (χ0n) is 15.9. The number of piperidine rings is 1. The van der Waals surface area contributed by atoms with Crippen molar-refractivity contribution in [2.75, 3.05) is 23.3 Å². The summed E-state index contributed by atoms with van der Waals surface area (Å²) in [5.41, 5.74) is 1.98. The summed E-state index contributed by atoms with van der Waals surface area (Å²) in [6, 6.07) is 11.1. The first-order valence-electron chi connectivity index (χ1n) is 9.64. The fraction of sp³-hybridized carbons (Fsp3) is 0.273. The molecule has 5 nitrogen and oxygen atoms in total. The maximum Gasteiger partial charge on any atom is 0.227 e. The smallest absolute Gasteiger partial charge is 0.227 e. The number of nitrogens with one attached hydrogen (secondary N) is 1. The van der Waals surface area contributed by atoms with E-state index in [1.54, 1.807) is 0 Å². The molecule has 1 amide bonds. The van der Waals surface area contributed by atoms with Crippen molar-refractivity contribution in [3.05, 3.63) is 66.8 Å². The van der Waals surface area contributed by atoms with Crippen molar-refractivity contribution in [2.24, 2.45) is 5.92 Å². The second-order valence-corrected chi connectivity index (χ2v) is 7.17. The van der Waals surface area contributed by atoms with Gasteiger partial charge in [-0.1, -0.05) is 18.2 Å². The lowest BCUT2D eigenvalue weighted by molar-refractivity contribution is -0.120. The van der Waals surface area contributed by atoms with Crippen LogP contribution >= 0.6 is 0 Å². The Balaban J connectivity index is 1.45. The zero-order valence-corrected chi connectivity index (χ0v) is 15.9. The van der Waals surface area contributed by atoms with E-state index >= 15 is 0 Å². The first-order valence-corrected chi connectivity index (χ1v) is 9.64. The number of aromatic nitrogens is 2. The van der Waals surface area contributed by atoms with Gasteiger partial charge >= 0.3 is 0 Å². The molecule has 1 aliphatic heterocycles. The summed E-state index contributed by atoms with van der Waals surface area (Å²) in [6.45, 7) is 5.84. The highest BCUT2D eigenvalue weighted by molar-refractivity contribution is 5.92. The van der Waals surface area contributed by atoms with Gasteiger partial charge in [0.15, 0.2) is 0 Å². The van der Waals surface area contributed by atoms with E-state index in [9.17, 15) is 13.6 Å². The minimum Gasteiger partial charge on any atom is -0.342 e. The number of para-hydroxylation sites is 2. The maximum absolute atomic E-state index is 13.8. The lowest BCUT2D eigenvalue weighted by Crippen LogP contribution is -2.39. The Hall–Kier alpha value is -3.22. The molecule has 1 aliphatic rings. The molecule has 0 bridgehead atoms. The maximum atomic E-state index is 13.8. The van der Waals surface area contributed by atoms with E-state index in [0.29, 0.717) is 32.5 Å². The third-order valence-electron chi connectivity index (χ3n) is 5.28. The van der Waals surface area contributed by atoms with E-state index in [0.717, 1.165) is 29.1 Å². The van der Waals surface area contributed by atoms with Gasteiger partial charge < -0.3 is 14.8 Å². The fourth-order valence-corrected chi connectivity index (χ4v) is 3.78. The monoisotopic (exact) mass is 396 g/mol. The molecular weight excluding hydrogens is 374 g/mol. The SMILES string of the molecule is C=CCn1c(N2CCC(C(=O)Nc3ccc(F)cc3F)CC2)nc2ccccc21. The number of nitrogens with zero attached hydrogens (tertiary/aromatic N) is 3. The topological polar surface area (TPSA) is 50.2 Å². The third kappa shape index (κ3) is 3.85. The predicted octanol–water partition coefficient (Wildman–Crippen LogP) is 4.36. The van der Waals surface area contributed by atoms with Crippen molar-refractivity contribution in [3.8, 4) is 0 Å². The quantitative estimate of drug-likeness (QED) is 0.652. The van der Waals surface area contributed by atoms with Crippen LogP contribution in [0.25, 0.3) is 11.0 Å². The van der Waals surface area contributed by atoms with E-state index < -0.39 is 11.6 Å². The summed E-state index contributed by atoms with van der Waals surface area (Å²) < 4.78 is 29.0. The Kier molecular flexibility index (Phi) is 5.29. The van der Waals surface area contributed by atoms with Crippen LogP contribution in [-0.2, 0) is 11.3 Å². The molecule has 0 atom stereocenters. The number of rotatable bonds is 5. The van der Waals surface area contributed by atoms with Gasteiger partial charge in [0.05, 0.1) is 16.7 Å². The Bertz CT molecular complexity index is 1050. The molecule has 0 aliphatic carbocycles.